The van der Waals surface area contributed by atoms with Crippen LogP contribution in [0.4, 0.5) is 24.5 Å². The molecule has 2 saturated heterocycles. The fourth-order valence-electron chi connectivity index (χ4n) is 8.75. The quantitative estimate of drug-likeness (QED) is 0.0533. The number of anilines is 2. The number of nitrogens with one attached hydrogen (secondary N) is 2. The molecule has 0 saturated carbocycles. The summed E-state index contributed by atoms with van der Waals surface area (Å²) < 4.78 is 58.7. The molecule has 7 rings (SSSR count). The number of hydrogen-bond acceptors (Lipinski definition) is 12. The number of rotatable bonds is 19. The van der Waals surface area contributed by atoms with Crippen LogP contribution in [0.3, 0.4) is 0 Å². The normalized spacial score (nSPS) is 17.0. The predicted octanol–water partition coefficient (Wildman–Crippen LogP) is 8.14. The highest BCUT2D eigenvalue weighted by atomic mass is 32.1. The van der Waals surface area contributed by atoms with Crippen molar-refractivity contribution in [2.75, 3.05) is 42.8 Å². The second-order valence-corrected chi connectivity index (χ2v) is 20.8. The Labute approximate surface area is 437 Å². The summed E-state index contributed by atoms with van der Waals surface area (Å²) in [4.78, 5) is 64.1. The van der Waals surface area contributed by atoms with Crippen LogP contribution in [0.5, 0.6) is 11.5 Å². The number of amides is 4. The van der Waals surface area contributed by atoms with Crippen molar-refractivity contribution in [3.63, 3.8) is 0 Å². The van der Waals surface area contributed by atoms with Crippen LogP contribution in [-0.4, -0.2) is 100 Å². The lowest BCUT2D eigenvalue weighted by Gasteiger charge is -2.35. The number of nitriles is 1. The van der Waals surface area contributed by atoms with Crippen LogP contribution in [0.25, 0.3) is 10.4 Å². The number of ether oxygens (including phenoxy) is 3. The number of benzene rings is 4. The zero-order chi connectivity index (χ0) is 53.5. The number of carbonyl (C=O) groups is 4. The van der Waals surface area contributed by atoms with E-state index in [0.717, 1.165) is 38.7 Å². The first-order valence-corrected chi connectivity index (χ1v) is 25.2. The van der Waals surface area contributed by atoms with E-state index in [-0.39, 0.29) is 55.9 Å². The maximum atomic E-state index is 14.1. The van der Waals surface area contributed by atoms with Gasteiger partial charge in [-0.2, -0.15) is 18.4 Å². The standard InChI is InChI=1S/C54H58F3N7O8S2/c1-33-46(74-32-60-33)36-13-11-34(12-14-36)30-59-48(67)44-28-40(65)31-62(44)49(68)47(52(2,3)4)61-45(66)26-35-9-7-10-42(25-35)71-22-8-21-70-23-24-72-41-19-17-38(18-20-41)64-51(73)63(50(69)53(64,5)6)39-16-15-37(29-58)43(27-39)54(55,56)57/h7,9-20,25,27,32,40,44,47,65H,8,21-24,26,28,30-31H2,1-6H3,(H,59,67)(H,61,66)/t40-,44?,47-/m1/s1. The highest BCUT2D eigenvalue weighted by Crippen LogP contribution is 2.40. The van der Waals surface area contributed by atoms with Crippen LogP contribution in [0, 0.1) is 23.7 Å². The van der Waals surface area contributed by atoms with Gasteiger partial charge in [-0.3, -0.25) is 24.1 Å². The van der Waals surface area contributed by atoms with Gasteiger partial charge in [0.1, 0.15) is 35.7 Å². The van der Waals surface area contributed by atoms with E-state index in [1.165, 1.54) is 11.0 Å². The number of likely N-dealkylation sites (tertiary alicyclic amines) is 1. The summed E-state index contributed by atoms with van der Waals surface area (Å²) in [7, 11) is 0. The number of hydrogen-bond donors (Lipinski definition) is 3. The van der Waals surface area contributed by atoms with Crippen LogP contribution in [0.2, 0.25) is 0 Å². The number of aliphatic hydroxyl groups is 1. The molecule has 15 nitrogen and oxygen atoms in total. The van der Waals surface area contributed by atoms with Crippen molar-refractivity contribution < 1.29 is 51.7 Å². The third-order valence-corrected chi connectivity index (χ3v) is 14.0. The van der Waals surface area contributed by atoms with Gasteiger partial charge < -0.3 is 39.8 Å². The van der Waals surface area contributed by atoms with Crippen molar-refractivity contribution in [1.82, 2.24) is 20.5 Å². The molecule has 2 fully saturated rings. The summed E-state index contributed by atoms with van der Waals surface area (Å²) in [5.74, 6) is -0.695. The zero-order valence-corrected chi connectivity index (χ0v) is 43.5. The average Bonchev–Trinajstić information content (AvgIpc) is 4.02. The molecule has 0 aliphatic carbocycles. The molecule has 3 N–H and O–H groups in total. The van der Waals surface area contributed by atoms with Gasteiger partial charge in [-0.1, -0.05) is 57.2 Å². The van der Waals surface area contributed by atoms with Crippen molar-refractivity contribution in [3.8, 4) is 28.0 Å². The SMILES string of the molecule is Cc1ncsc1-c1ccc(CNC(=O)C2C[C@@H](O)CN2C(=O)[C@@H](NC(=O)Cc2cccc(OCCCOCCOc3ccc(N4C(=S)N(c5ccc(C#N)c(C(F)(F)F)c5)C(=O)C4(C)C)cc3)c2)C(C)(C)C)cc1. The first kappa shape index (κ1) is 54.8. The lowest BCUT2D eigenvalue weighted by Crippen LogP contribution is -2.58. The van der Waals surface area contributed by atoms with E-state index >= 15 is 0 Å². The van der Waals surface area contributed by atoms with Crippen LogP contribution in [0.1, 0.15) is 75.4 Å². The van der Waals surface area contributed by atoms with Crippen molar-refractivity contribution in [2.24, 2.45) is 5.41 Å². The summed E-state index contributed by atoms with van der Waals surface area (Å²) in [6.45, 7) is 12.1. The Morgan fingerprint density at radius 1 is 0.932 bits per heavy atom. The third kappa shape index (κ3) is 12.9. The maximum absolute atomic E-state index is 14.1. The maximum Gasteiger partial charge on any atom is 0.417 e. The number of thiocarbonyl (C=S) groups is 1. The number of nitrogens with zero attached hydrogens (tertiary/aromatic N) is 5. The van der Waals surface area contributed by atoms with E-state index in [1.807, 2.05) is 52.0 Å². The van der Waals surface area contributed by atoms with E-state index in [9.17, 15) is 42.7 Å². The Hall–Kier alpha value is -6.92. The van der Waals surface area contributed by atoms with Gasteiger partial charge in [0.05, 0.1) is 64.7 Å². The number of aromatic nitrogens is 1. The lowest BCUT2D eigenvalue weighted by molar-refractivity contribution is -0.144. The molecule has 0 spiro atoms. The van der Waals surface area contributed by atoms with Gasteiger partial charge in [-0.15, -0.1) is 11.3 Å². The molecule has 74 heavy (non-hydrogen) atoms. The molecule has 20 heteroatoms. The fraction of sp³-hybridized carbons (Fsp3) is 0.389. The van der Waals surface area contributed by atoms with Gasteiger partial charge in [-0.25, -0.2) is 4.98 Å². The Morgan fingerprint density at radius 2 is 1.64 bits per heavy atom. The summed E-state index contributed by atoms with van der Waals surface area (Å²) >= 11 is 7.19. The van der Waals surface area contributed by atoms with Crippen molar-refractivity contribution >= 4 is 63.7 Å². The Bertz CT molecular complexity index is 2900. The van der Waals surface area contributed by atoms with E-state index in [4.69, 9.17) is 26.4 Å². The molecule has 2 aliphatic heterocycles. The number of aliphatic hydroxyl groups excluding tert-OH is 1. The Morgan fingerprint density at radius 3 is 2.30 bits per heavy atom. The molecule has 390 valence electrons. The molecule has 5 aromatic rings. The number of halogens is 3. The van der Waals surface area contributed by atoms with Crippen molar-refractivity contribution in [1.29, 1.82) is 5.26 Å². The van der Waals surface area contributed by atoms with Gasteiger partial charge in [0.25, 0.3) is 5.91 Å². The molecule has 4 aromatic carbocycles. The average molecular weight is 1050 g/mol. The van der Waals surface area contributed by atoms with E-state index in [0.29, 0.717) is 42.4 Å². The fourth-order valence-corrected chi connectivity index (χ4v) is 10.1. The van der Waals surface area contributed by atoms with Crippen LogP contribution >= 0.6 is 23.6 Å². The zero-order valence-electron chi connectivity index (χ0n) is 41.8. The minimum Gasteiger partial charge on any atom is -0.493 e. The number of thiazole rings is 1. The molecule has 3 atom stereocenters. The molecular weight excluding hydrogens is 996 g/mol. The van der Waals surface area contributed by atoms with Gasteiger partial charge in [0.2, 0.25) is 17.7 Å². The summed E-state index contributed by atoms with van der Waals surface area (Å²) in [5.41, 5.74) is 2.06. The largest absolute Gasteiger partial charge is 0.493 e. The van der Waals surface area contributed by atoms with Crippen LogP contribution < -0.4 is 29.9 Å². The van der Waals surface area contributed by atoms with Gasteiger partial charge >= 0.3 is 6.18 Å². The van der Waals surface area contributed by atoms with Gasteiger partial charge in [-0.05, 0) is 110 Å². The minimum absolute atomic E-state index is 0.0176. The Kier molecular flexibility index (Phi) is 17.1. The third-order valence-electron chi connectivity index (χ3n) is 12.6. The van der Waals surface area contributed by atoms with Crippen molar-refractivity contribution in [2.45, 2.75) is 97.3 Å². The molecule has 0 radical (unpaired) electrons. The number of β-amino-alcohol motifs (C(OH)–C–C–N with tert-alkyl or cyclic N) is 1. The topological polar surface area (TPSA) is 187 Å². The molecule has 2 aliphatic rings. The molecule has 3 heterocycles. The highest BCUT2D eigenvalue weighted by Gasteiger charge is 2.51. The number of aryl methyl sites for hydroxylation is 1. The first-order valence-electron chi connectivity index (χ1n) is 23.9. The molecule has 1 unspecified atom stereocenters. The first-order chi connectivity index (χ1) is 35.1. The van der Waals surface area contributed by atoms with E-state index in [1.54, 1.807) is 90.2 Å². The summed E-state index contributed by atoms with van der Waals surface area (Å²) in [6.07, 6.45) is -5.11. The Balaban J connectivity index is 0.829. The molecular formula is C54H58F3N7O8S2. The molecule has 4 amide bonds. The second kappa shape index (κ2) is 23.1. The van der Waals surface area contributed by atoms with Gasteiger partial charge in [0.15, 0.2) is 5.11 Å². The molecule has 0 bridgehead atoms. The van der Waals surface area contributed by atoms with Crippen molar-refractivity contribution in [3.05, 3.63) is 124 Å². The predicted molar refractivity (Wildman–Crippen MR) is 277 cm³/mol. The van der Waals surface area contributed by atoms with E-state index < -0.39 is 64.2 Å². The number of alkyl halides is 3. The van der Waals surface area contributed by atoms with Gasteiger partial charge in [0, 0.05) is 38.2 Å². The smallest absolute Gasteiger partial charge is 0.417 e. The monoisotopic (exact) mass is 1050 g/mol. The molecule has 1 aromatic heterocycles. The minimum atomic E-state index is -4.81. The summed E-state index contributed by atoms with van der Waals surface area (Å²) in [5, 5.41) is 25.7. The highest BCUT2D eigenvalue weighted by molar-refractivity contribution is 7.81. The van der Waals surface area contributed by atoms with E-state index in [2.05, 4.69) is 15.6 Å². The summed E-state index contributed by atoms with van der Waals surface area (Å²) in [6, 6.07) is 24.4. The number of carbonyl (C=O) groups excluding carboxylic acids is 4. The van der Waals surface area contributed by atoms with Crippen LogP contribution in [-0.2, 0) is 43.1 Å². The second-order valence-electron chi connectivity index (χ2n) is 19.6. The lowest BCUT2D eigenvalue weighted by atomic mass is 9.85. The van der Waals surface area contributed by atoms with Crippen LogP contribution in [0.15, 0.2) is 96.5 Å².